The quantitative estimate of drug-likeness (QED) is 0.741. The lowest BCUT2D eigenvalue weighted by atomic mass is 9.89. The lowest BCUT2D eigenvalue weighted by molar-refractivity contribution is -0.149. The monoisotopic (exact) mass is 397 g/mol. The fourth-order valence-electron chi connectivity index (χ4n) is 3.39. The standard InChI is InChI=1S/C19H19ClF3N3O/c20-16-6-2-1-5-14(16)15-10-24-12-25-18(15)13-4-3-9-26(11-13)17(27)7-8-19(21,22)23/h1-2,5-6,10,12-13H,3-4,7-9,11H2/t13-/m0/s1. The minimum Gasteiger partial charge on any atom is -0.342 e. The summed E-state index contributed by atoms with van der Waals surface area (Å²) in [5.41, 5.74) is 2.36. The van der Waals surface area contributed by atoms with E-state index in [1.807, 2.05) is 18.2 Å². The molecule has 4 nitrogen and oxygen atoms in total. The molecule has 1 amide bonds. The number of hydrogen-bond donors (Lipinski definition) is 0. The fourth-order valence-corrected chi connectivity index (χ4v) is 3.62. The van der Waals surface area contributed by atoms with Gasteiger partial charge < -0.3 is 4.90 Å². The smallest absolute Gasteiger partial charge is 0.342 e. The van der Waals surface area contributed by atoms with Crippen molar-refractivity contribution in [1.82, 2.24) is 14.9 Å². The molecule has 8 heteroatoms. The van der Waals surface area contributed by atoms with Crippen molar-refractivity contribution in [3.8, 4) is 11.1 Å². The molecule has 1 aliphatic heterocycles. The van der Waals surface area contributed by atoms with Crippen LogP contribution in [0.1, 0.15) is 37.3 Å². The van der Waals surface area contributed by atoms with Gasteiger partial charge in [-0.2, -0.15) is 13.2 Å². The topological polar surface area (TPSA) is 46.1 Å². The van der Waals surface area contributed by atoms with Gasteiger partial charge in [0.1, 0.15) is 6.33 Å². The maximum Gasteiger partial charge on any atom is 0.389 e. The summed E-state index contributed by atoms with van der Waals surface area (Å²) in [4.78, 5) is 22.2. The van der Waals surface area contributed by atoms with Crippen LogP contribution in [0.3, 0.4) is 0 Å². The van der Waals surface area contributed by atoms with E-state index in [1.165, 1.54) is 11.2 Å². The molecular formula is C19H19ClF3N3O. The second-order valence-corrected chi connectivity index (χ2v) is 7.00. The first kappa shape index (κ1) is 19.6. The van der Waals surface area contributed by atoms with Crippen molar-refractivity contribution >= 4 is 17.5 Å². The lowest BCUT2D eigenvalue weighted by Gasteiger charge is -2.33. The maximum absolute atomic E-state index is 12.4. The highest BCUT2D eigenvalue weighted by Crippen LogP contribution is 2.35. The molecule has 0 bridgehead atoms. The van der Waals surface area contributed by atoms with Crippen LogP contribution in [0.25, 0.3) is 11.1 Å². The van der Waals surface area contributed by atoms with Crippen molar-refractivity contribution in [3.05, 3.63) is 47.5 Å². The molecular weight excluding hydrogens is 379 g/mol. The summed E-state index contributed by atoms with van der Waals surface area (Å²) in [5.74, 6) is -0.534. The van der Waals surface area contributed by atoms with E-state index in [0.717, 1.165) is 23.2 Å². The fraction of sp³-hybridized carbons (Fsp3) is 0.421. The summed E-state index contributed by atoms with van der Waals surface area (Å²) < 4.78 is 37.2. The van der Waals surface area contributed by atoms with Crippen molar-refractivity contribution in [1.29, 1.82) is 0 Å². The first-order chi connectivity index (χ1) is 12.8. The van der Waals surface area contributed by atoms with Crippen LogP contribution in [0.5, 0.6) is 0 Å². The summed E-state index contributed by atoms with van der Waals surface area (Å²) in [6.45, 7) is 0.824. The van der Waals surface area contributed by atoms with Gasteiger partial charge in [0.05, 0.1) is 12.1 Å². The number of aromatic nitrogens is 2. The van der Waals surface area contributed by atoms with E-state index >= 15 is 0 Å². The Labute approximate surface area is 160 Å². The van der Waals surface area contributed by atoms with E-state index < -0.39 is 24.9 Å². The molecule has 0 radical (unpaired) electrons. The highest BCUT2D eigenvalue weighted by molar-refractivity contribution is 6.33. The number of rotatable bonds is 4. The Morgan fingerprint density at radius 3 is 2.78 bits per heavy atom. The molecule has 1 aliphatic rings. The molecule has 1 fully saturated rings. The molecule has 1 saturated heterocycles. The normalized spacial score (nSPS) is 17.8. The largest absolute Gasteiger partial charge is 0.389 e. The first-order valence-corrected chi connectivity index (χ1v) is 9.12. The van der Waals surface area contributed by atoms with Gasteiger partial charge in [-0.3, -0.25) is 4.79 Å². The molecule has 0 N–H and O–H groups in total. The van der Waals surface area contributed by atoms with Gasteiger partial charge in [0.2, 0.25) is 5.91 Å². The minimum absolute atomic E-state index is 0.0668. The van der Waals surface area contributed by atoms with Crippen molar-refractivity contribution in [2.75, 3.05) is 13.1 Å². The molecule has 3 rings (SSSR count). The highest BCUT2D eigenvalue weighted by atomic mass is 35.5. The Balaban J connectivity index is 1.79. The zero-order chi connectivity index (χ0) is 19.4. The lowest BCUT2D eigenvalue weighted by Crippen LogP contribution is -2.39. The number of benzene rings is 1. The summed E-state index contributed by atoms with van der Waals surface area (Å²) in [5, 5.41) is 0.572. The van der Waals surface area contributed by atoms with Crippen LogP contribution in [-0.2, 0) is 4.79 Å². The zero-order valence-corrected chi connectivity index (χ0v) is 15.3. The molecule has 0 saturated carbocycles. The summed E-state index contributed by atoms with van der Waals surface area (Å²) >= 11 is 6.31. The van der Waals surface area contributed by atoms with Crippen molar-refractivity contribution in [3.63, 3.8) is 0 Å². The number of carbonyl (C=O) groups is 1. The number of hydrogen-bond acceptors (Lipinski definition) is 3. The molecule has 27 heavy (non-hydrogen) atoms. The number of nitrogens with zero attached hydrogens (tertiary/aromatic N) is 3. The molecule has 0 spiro atoms. The van der Waals surface area contributed by atoms with Crippen molar-refractivity contribution < 1.29 is 18.0 Å². The van der Waals surface area contributed by atoms with Gasteiger partial charge in [0.15, 0.2) is 0 Å². The van der Waals surface area contributed by atoms with E-state index in [2.05, 4.69) is 9.97 Å². The van der Waals surface area contributed by atoms with Crippen LogP contribution >= 0.6 is 11.6 Å². The van der Waals surface area contributed by atoms with Crippen molar-refractivity contribution in [2.45, 2.75) is 37.8 Å². The van der Waals surface area contributed by atoms with E-state index in [9.17, 15) is 18.0 Å². The average Bonchev–Trinajstić information content (AvgIpc) is 2.66. The average molecular weight is 398 g/mol. The second kappa shape index (κ2) is 8.25. The number of halogens is 4. The Hall–Kier alpha value is -2.15. The predicted octanol–water partition coefficient (Wildman–Crippen LogP) is 4.85. The SMILES string of the molecule is O=C(CCC(F)(F)F)N1CCC[C@H](c2ncncc2-c2ccccc2Cl)C1. The number of likely N-dealkylation sites (tertiary alicyclic amines) is 1. The van der Waals surface area contributed by atoms with Crippen molar-refractivity contribution in [2.24, 2.45) is 0 Å². The minimum atomic E-state index is -4.32. The highest BCUT2D eigenvalue weighted by Gasteiger charge is 2.32. The van der Waals surface area contributed by atoms with Gasteiger partial charge >= 0.3 is 6.18 Å². The third-order valence-corrected chi connectivity index (χ3v) is 5.02. The molecule has 1 aromatic carbocycles. The number of alkyl halides is 3. The molecule has 1 atom stereocenters. The van der Waals surface area contributed by atoms with Crippen LogP contribution < -0.4 is 0 Å². The Morgan fingerprint density at radius 2 is 2.04 bits per heavy atom. The molecule has 2 heterocycles. The maximum atomic E-state index is 12.4. The summed E-state index contributed by atoms with van der Waals surface area (Å²) in [7, 11) is 0. The van der Waals surface area contributed by atoms with E-state index in [1.54, 1.807) is 12.3 Å². The van der Waals surface area contributed by atoms with Gasteiger partial charge in [-0.1, -0.05) is 29.8 Å². The van der Waals surface area contributed by atoms with E-state index in [4.69, 9.17) is 11.6 Å². The van der Waals surface area contributed by atoms with Crippen LogP contribution in [0, 0.1) is 0 Å². The summed E-state index contributed by atoms with van der Waals surface area (Å²) in [6.07, 6.45) is -1.28. The molecule has 144 valence electrons. The van der Waals surface area contributed by atoms with Gasteiger partial charge in [-0.25, -0.2) is 9.97 Å². The van der Waals surface area contributed by atoms with Gasteiger partial charge in [-0.05, 0) is 18.9 Å². The number of amides is 1. The molecule has 0 unspecified atom stereocenters. The summed E-state index contributed by atoms with van der Waals surface area (Å²) in [6, 6.07) is 7.35. The van der Waals surface area contributed by atoms with E-state index in [-0.39, 0.29) is 5.92 Å². The predicted molar refractivity (Wildman–Crippen MR) is 96.3 cm³/mol. The number of piperidine rings is 1. The van der Waals surface area contributed by atoms with Crippen LogP contribution in [0.2, 0.25) is 5.02 Å². The Kier molecular flexibility index (Phi) is 5.99. The van der Waals surface area contributed by atoms with Gasteiger partial charge in [0, 0.05) is 47.8 Å². The van der Waals surface area contributed by atoms with Crippen LogP contribution in [-0.4, -0.2) is 40.0 Å². The Bertz CT molecular complexity index is 813. The third kappa shape index (κ3) is 4.97. The second-order valence-electron chi connectivity index (χ2n) is 6.60. The molecule has 0 aliphatic carbocycles. The van der Waals surface area contributed by atoms with Gasteiger partial charge in [0.25, 0.3) is 0 Å². The zero-order valence-electron chi connectivity index (χ0n) is 14.5. The molecule has 2 aromatic rings. The first-order valence-electron chi connectivity index (χ1n) is 8.74. The third-order valence-electron chi connectivity index (χ3n) is 4.69. The van der Waals surface area contributed by atoms with Crippen LogP contribution in [0.4, 0.5) is 13.2 Å². The van der Waals surface area contributed by atoms with Gasteiger partial charge in [-0.15, -0.1) is 0 Å². The van der Waals surface area contributed by atoms with Crippen LogP contribution in [0.15, 0.2) is 36.8 Å². The number of carbonyl (C=O) groups excluding carboxylic acids is 1. The molecule has 1 aromatic heterocycles. The van der Waals surface area contributed by atoms with E-state index in [0.29, 0.717) is 24.5 Å². The Morgan fingerprint density at radius 1 is 1.26 bits per heavy atom.